The molecule has 2 atom stereocenters. The first-order chi connectivity index (χ1) is 14.5. The normalized spacial score (nSPS) is 15.9. The molecule has 0 aromatic heterocycles. The molecular formula is C20H30N2O5. The molecule has 0 bridgehead atoms. The van der Waals surface area contributed by atoms with Crippen molar-refractivity contribution in [3.63, 3.8) is 0 Å². The highest BCUT2D eigenvalue weighted by Gasteiger charge is 2.07. The van der Waals surface area contributed by atoms with Crippen LogP contribution in [0, 0.1) is 0 Å². The van der Waals surface area contributed by atoms with E-state index in [-0.39, 0.29) is 12.5 Å². The molecule has 0 spiro atoms. The van der Waals surface area contributed by atoms with Crippen molar-refractivity contribution in [2.24, 2.45) is 0 Å². The van der Waals surface area contributed by atoms with Crippen LogP contribution in [0.2, 0.25) is 0 Å². The van der Waals surface area contributed by atoms with E-state index in [1.165, 1.54) is 33.3 Å². The van der Waals surface area contributed by atoms with E-state index >= 15 is 0 Å². The molecule has 0 unspecified atom stereocenters. The van der Waals surface area contributed by atoms with Crippen LogP contribution in [-0.4, -0.2) is 56.3 Å². The number of likely N-dealkylation sites (N-methyl/N-ethyl adjacent to an activating group) is 2. The Balaban J connectivity index is 0.000000316. The van der Waals surface area contributed by atoms with Crippen molar-refractivity contribution in [3.8, 4) is 11.5 Å². The minimum Gasteiger partial charge on any atom is -0.508 e. The van der Waals surface area contributed by atoms with Gasteiger partial charge >= 0.3 is 0 Å². The fourth-order valence-corrected chi connectivity index (χ4v) is 2.04. The van der Waals surface area contributed by atoms with Crippen LogP contribution in [0.25, 0.3) is 0 Å². The standard InChI is InChI=1S/C11H17NO3.C9H13NO2/c1-12-7-11(13)9-4-3-5-10(6-9)15-8-14-2;1-10-6-9(12)7-3-2-4-8(11)5-7/h3-6,11-13H,7-8H2,1-2H3;2-5,9-12H,6H2,1H3/t11-;9-/m11/s1/i7D2;6D2. The van der Waals surface area contributed by atoms with Crippen molar-refractivity contribution in [2.75, 3.05) is 41.0 Å². The lowest BCUT2D eigenvalue weighted by Crippen LogP contribution is -2.16. The molecule has 2 rings (SSSR count). The van der Waals surface area contributed by atoms with Crippen molar-refractivity contribution in [3.05, 3.63) is 59.7 Å². The molecule has 2 aromatic rings. The third kappa shape index (κ3) is 8.85. The summed E-state index contributed by atoms with van der Waals surface area (Å²) in [5, 5.41) is 33.4. The number of rotatable bonds is 9. The second kappa shape index (κ2) is 13.1. The average molecular weight is 382 g/mol. The lowest BCUT2D eigenvalue weighted by molar-refractivity contribution is 0.0508. The number of methoxy groups -OCH3 is 1. The van der Waals surface area contributed by atoms with E-state index < -0.39 is 25.2 Å². The van der Waals surface area contributed by atoms with Crippen LogP contribution in [0.5, 0.6) is 11.5 Å². The number of aliphatic hydroxyl groups excluding tert-OH is 2. The molecule has 0 saturated heterocycles. The summed E-state index contributed by atoms with van der Waals surface area (Å²) in [5.74, 6) is 0.531. The van der Waals surface area contributed by atoms with Crippen molar-refractivity contribution in [1.29, 1.82) is 0 Å². The maximum atomic E-state index is 9.87. The zero-order chi connectivity index (χ0) is 23.7. The zero-order valence-corrected chi connectivity index (χ0v) is 15.6. The van der Waals surface area contributed by atoms with Crippen LogP contribution in [-0.2, 0) is 4.74 Å². The van der Waals surface area contributed by atoms with Gasteiger partial charge in [-0.25, -0.2) is 0 Å². The SMILES string of the molecule is [2H]C([2H])(NC)[C@@H](O)c1cccc(O)c1.[2H]C([2H])(NC)[C@@H](O)c1cccc(OCOC)c1. The molecule has 0 saturated carbocycles. The van der Waals surface area contributed by atoms with Gasteiger partial charge in [0.05, 0.1) is 12.2 Å². The van der Waals surface area contributed by atoms with E-state index in [9.17, 15) is 10.2 Å². The minimum absolute atomic E-state index is 0.00783. The van der Waals surface area contributed by atoms with E-state index in [1.54, 1.807) is 36.4 Å². The van der Waals surface area contributed by atoms with E-state index in [4.69, 9.17) is 20.1 Å². The van der Waals surface area contributed by atoms with Crippen molar-refractivity contribution >= 4 is 0 Å². The summed E-state index contributed by atoms with van der Waals surface area (Å²) in [6.07, 6.45) is -2.57. The molecule has 7 nitrogen and oxygen atoms in total. The first-order valence-electron chi connectivity index (χ1n) is 10.2. The number of hydrogen-bond donors (Lipinski definition) is 5. The van der Waals surface area contributed by atoms with Gasteiger partial charge in [0, 0.05) is 25.6 Å². The van der Waals surface area contributed by atoms with E-state index in [0.29, 0.717) is 16.9 Å². The lowest BCUT2D eigenvalue weighted by atomic mass is 10.1. The number of phenols is 1. The number of hydrogen-bond acceptors (Lipinski definition) is 7. The molecule has 0 aliphatic heterocycles. The predicted molar refractivity (Wildman–Crippen MR) is 105 cm³/mol. The summed E-state index contributed by atoms with van der Waals surface area (Å²) in [7, 11) is 4.39. The molecule has 0 heterocycles. The zero-order valence-electron chi connectivity index (χ0n) is 19.6. The third-order valence-corrected chi connectivity index (χ3v) is 3.27. The fraction of sp³-hybridized carbons (Fsp3) is 0.400. The molecule has 0 aliphatic carbocycles. The predicted octanol–water partition coefficient (Wildman–Crippen LogP) is 1.57. The summed E-state index contributed by atoms with van der Waals surface area (Å²) >= 11 is 0. The highest BCUT2D eigenvalue weighted by molar-refractivity contribution is 5.30. The molecule has 0 radical (unpaired) electrons. The van der Waals surface area contributed by atoms with E-state index in [0.717, 1.165) is 0 Å². The van der Waals surface area contributed by atoms with Gasteiger partial charge < -0.3 is 35.4 Å². The largest absolute Gasteiger partial charge is 0.508 e. The topological polar surface area (TPSA) is 103 Å². The van der Waals surface area contributed by atoms with Gasteiger partial charge in [-0.3, -0.25) is 0 Å². The Morgan fingerprint density at radius 2 is 1.52 bits per heavy atom. The quantitative estimate of drug-likeness (QED) is 0.420. The molecule has 0 aliphatic rings. The Hall–Kier alpha value is -2.16. The maximum Gasteiger partial charge on any atom is 0.188 e. The van der Waals surface area contributed by atoms with Crippen LogP contribution < -0.4 is 15.4 Å². The summed E-state index contributed by atoms with van der Waals surface area (Å²) in [5.41, 5.74) is 0.780. The lowest BCUT2D eigenvalue weighted by Gasteiger charge is -2.12. The van der Waals surface area contributed by atoms with Gasteiger partial charge in [0.2, 0.25) is 0 Å². The summed E-state index contributed by atoms with van der Waals surface area (Å²) < 4.78 is 39.9. The van der Waals surface area contributed by atoms with Crippen LogP contribution in [0.3, 0.4) is 0 Å². The second-order valence-corrected chi connectivity index (χ2v) is 5.31. The van der Waals surface area contributed by atoms with Crippen molar-refractivity contribution in [1.82, 2.24) is 10.6 Å². The first-order valence-corrected chi connectivity index (χ1v) is 8.23. The van der Waals surface area contributed by atoms with Gasteiger partial charge in [-0.05, 0) is 49.5 Å². The van der Waals surface area contributed by atoms with Gasteiger partial charge in [0.15, 0.2) is 6.79 Å². The molecular weight excluding hydrogens is 348 g/mol. The Morgan fingerprint density at radius 3 is 2.04 bits per heavy atom. The van der Waals surface area contributed by atoms with Gasteiger partial charge in [-0.15, -0.1) is 0 Å². The Bertz CT molecular complexity index is 811. The van der Waals surface area contributed by atoms with Crippen LogP contribution >= 0.6 is 0 Å². The first kappa shape index (κ1) is 17.0. The molecule has 5 N–H and O–H groups in total. The smallest absolute Gasteiger partial charge is 0.188 e. The monoisotopic (exact) mass is 382 g/mol. The molecule has 150 valence electrons. The third-order valence-electron chi connectivity index (χ3n) is 3.27. The van der Waals surface area contributed by atoms with Crippen molar-refractivity contribution in [2.45, 2.75) is 12.2 Å². The maximum absolute atomic E-state index is 9.87. The number of aliphatic hydroxyl groups is 2. The molecule has 2 aromatic carbocycles. The molecule has 7 heteroatoms. The van der Waals surface area contributed by atoms with Gasteiger partial charge in [-0.1, -0.05) is 24.3 Å². The average Bonchev–Trinajstić information content (AvgIpc) is 2.77. The highest BCUT2D eigenvalue weighted by atomic mass is 16.7. The van der Waals surface area contributed by atoms with E-state index in [1.807, 2.05) is 0 Å². The molecule has 27 heavy (non-hydrogen) atoms. The minimum atomic E-state index is -1.91. The van der Waals surface area contributed by atoms with Crippen LogP contribution in [0.1, 0.15) is 28.8 Å². The summed E-state index contributed by atoms with van der Waals surface area (Å²) in [6, 6.07) is 12.5. The summed E-state index contributed by atoms with van der Waals surface area (Å²) in [6.45, 7) is -3.69. The fourth-order valence-electron chi connectivity index (χ4n) is 2.04. The van der Waals surface area contributed by atoms with Crippen molar-refractivity contribution < 1.29 is 30.3 Å². The molecule has 0 amide bonds. The number of aromatic hydroxyl groups is 1. The van der Waals surface area contributed by atoms with Gasteiger partial charge in [-0.2, -0.15) is 0 Å². The summed E-state index contributed by atoms with van der Waals surface area (Å²) in [4.78, 5) is 0. The van der Waals surface area contributed by atoms with Gasteiger partial charge in [0.25, 0.3) is 0 Å². The number of ether oxygens (including phenoxy) is 2. The number of phenolic OH excluding ortho intramolecular Hbond substituents is 1. The highest BCUT2D eigenvalue weighted by Crippen LogP contribution is 2.19. The van der Waals surface area contributed by atoms with Crippen LogP contribution in [0.15, 0.2) is 48.5 Å². The Kier molecular flexibility index (Phi) is 8.22. The van der Waals surface area contributed by atoms with E-state index in [2.05, 4.69) is 10.6 Å². The number of nitrogens with one attached hydrogen (secondary N) is 2. The second-order valence-electron chi connectivity index (χ2n) is 5.31. The van der Waals surface area contributed by atoms with Gasteiger partial charge in [0.1, 0.15) is 11.5 Å². The molecule has 0 fully saturated rings. The Labute approximate surface area is 166 Å². The van der Waals surface area contributed by atoms with Crippen LogP contribution in [0.4, 0.5) is 0 Å². The Morgan fingerprint density at radius 1 is 0.963 bits per heavy atom. The number of benzene rings is 2.